The van der Waals surface area contributed by atoms with Crippen molar-refractivity contribution in [3.63, 3.8) is 0 Å². The summed E-state index contributed by atoms with van der Waals surface area (Å²) in [4.78, 5) is 0. The third-order valence-electron chi connectivity index (χ3n) is 3.15. The van der Waals surface area contributed by atoms with Crippen molar-refractivity contribution in [2.45, 2.75) is 44.4 Å². The summed E-state index contributed by atoms with van der Waals surface area (Å²) in [6, 6.07) is 3.87. The summed E-state index contributed by atoms with van der Waals surface area (Å²) in [6.45, 7) is 2.21. The van der Waals surface area contributed by atoms with Crippen LogP contribution < -0.4 is 9.47 Å². The topological polar surface area (TPSA) is 18.5 Å². The van der Waals surface area contributed by atoms with E-state index in [9.17, 15) is 0 Å². The van der Waals surface area contributed by atoms with E-state index in [-0.39, 0.29) is 5.38 Å². The molecule has 0 radical (unpaired) electrons. The number of rotatable bonds is 8. The minimum absolute atomic E-state index is 0.00559. The Bertz CT molecular complexity index is 396. The van der Waals surface area contributed by atoms with Gasteiger partial charge in [0, 0.05) is 4.47 Å². The van der Waals surface area contributed by atoms with Gasteiger partial charge in [-0.15, -0.1) is 11.6 Å². The fourth-order valence-corrected chi connectivity index (χ4v) is 3.08. The van der Waals surface area contributed by atoms with Gasteiger partial charge in [-0.1, -0.05) is 48.5 Å². The maximum absolute atomic E-state index is 6.49. The molecule has 0 N–H and O–H groups in total. The molecule has 1 rings (SSSR count). The minimum atomic E-state index is 0.00559. The van der Waals surface area contributed by atoms with Crippen LogP contribution in [0.1, 0.15) is 50.0 Å². The zero-order chi connectivity index (χ0) is 14.3. The number of unbranched alkanes of at least 4 members (excludes halogenated alkanes) is 3. The lowest BCUT2D eigenvalue weighted by molar-refractivity contribution is 0.354. The standard InChI is InChI=1S/C15H22BrClO2/c1-4-5-6-7-8-13(17)11-9-14(18-2)15(19-3)10-12(11)16/h9-10,13H,4-8H2,1-3H3. The highest BCUT2D eigenvalue weighted by molar-refractivity contribution is 9.10. The summed E-state index contributed by atoms with van der Waals surface area (Å²) < 4.78 is 11.6. The van der Waals surface area contributed by atoms with Crippen LogP contribution >= 0.6 is 27.5 Å². The molecule has 2 nitrogen and oxygen atoms in total. The summed E-state index contributed by atoms with van der Waals surface area (Å²) in [7, 11) is 3.27. The van der Waals surface area contributed by atoms with Gasteiger partial charge in [0.15, 0.2) is 11.5 Å². The molecule has 19 heavy (non-hydrogen) atoms. The quantitative estimate of drug-likeness (QED) is 0.441. The summed E-state index contributed by atoms with van der Waals surface area (Å²) in [5.41, 5.74) is 1.07. The van der Waals surface area contributed by atoms with Gasteiger partial charge in [0.2, 0.25) is 0 Å². The highest BCUT2D eigenvalue weighted by atomic mass is 79.9. The molecule has 0 amide bonds. The first kappa shape index (κ1) is 16.6. The first-order valence-electron chi connectivity index (χ1n) is 6.69. The number of benzene rings is 1. The van der Waals surface area contributed by atoms with Gasteiger partial charge in [-0.3, -0.25) is 0 Å². The Morgan fingerprint density at radius 2 is 1.74 bits per heavy atom. The lowest BCUT2D eigenvalue weighted by Crippen LogP contribution is -1.97. The molecular weight excluding hydrogens is 328 g/mol. The van der Waals surface area contributed by atoms with E-state index >= 15 is 0 Å². The molecule has 0 heterocycles. The van der Waals surface area contributed by atoms with Crippen molar-refractivity contribution in [1.82, 2.24) is 0 Å². The van der Waals surface area contributed by atoms with Gasteiger partial charge < -0.3 is 9.47 Å². The molecule has 0 spiro atoms. The molecule has 0 bridgehead atoms. The normalized spacial score (nSPS) is 12.3. The number of alkyl halides is 1. The molecule has 0 aliphatic carbocycles. The van der Waals surface area contributed by atoms with Crippen LogP contribution in [-0.4, -0.2) is 14.2 Å². The van der Waals surface area contributed by atoms with Crippen molar-refractivity contribution < 1.29 is 9.47 Å². The lowest BCUT2D eigenvalue weighted by atomic mass is 10.0. The molecular formula is C15H22BrClO2. The number of ether oxygens (including phenoxy) is 2. The second-order valence-corrected chi connectivity index (χ2v) is 5.93. The van der Waals surface area contributed by atoms with Crippen molar-refractivity contribution in [3.05, 3.63) is 22.2 Å². The largest absolute Gasteiger partial charge is 0.493 e. The zero-order valence-electron chi connectivity index (χ0n) is 11.8. The monoisotopic (exact) mass is 348 g/mol. The average molecular weight is 350 g/mol. The van der Waals surface area contributed by atoms with Gasteiger partial charge in [-0.25, -0.2) is 0 Å². The smallest absolute Gasteiger partial charge is 0.161 e. The molecule has 4 heteroatoms. The Hall–Kier alpha value is -0.410. The fourth-order valence-electron chi connectivity index (χ4n) is 2.02. The highest BCUT2D eigenvalue weighted by Gasteiger charge is 2.16. The molecule has 0 aromatic heterocycles. The van der Waals surface area contributed by atoms with Crippen molar-refractivity contribution in [1.29, 1.82) is 0 Å². The van der Waals surface area contributed by atoms with Crippen LogP contribution in [0, 0.1) is 0 Å². The van der Waals surface area contributed by atoms with E-state index in [1.54, 1.807) is 14.2 Å². The second kappa shape index (κ2) is 8.70. The van der Waals surface area contributed by atoms with Gasteiger partial charge in [0.1, 0.15) is 0 Å². The SMILES string of the molecule is CCCCCCC(Cl)c1cc(OC)c(OC)cc1Br. The maximum atomic E-state index is 6.49. The van der Waals surface area contributed by atoms with E-state index in [1.165, 1.54) is 19.3 Å². The van der Waals surface area contributed by atoms with Crippen LogP contribution in [-0.2, 0) is 0 Å². The van der Waals surface area contributed by atoms with Crippen molar-refractivity contribution in [2.24, 2.45) is 0 Å². The van der Waals surface area contributed by atoms with Crippen LogP contribution in [0.3, 0.4) is 0 Å². The average Bonchev–Trinajstić information content (AvgIpc) is 2.42. The molecule has 1 unspecified atom stereocenters. The predicted octanol–water partition coefficient (Wildman–Crippen LogP) is 5.72. The van der Waals surface area contributed by atoms with E-state index in [0.717, 1.165) is 28.6 Å². The van der Waals surface area contributed by atoms with Crippen molar-refractivity contribution in [3.8, 4) is 11.5 Å². The molecule has 0 aliphatic rings. The van der Waals surface area contributed by atoms with E-state index in [1.807, 2.05) is 12.1 Å². The summed E-state index contributed by atoms with van der Waals surface area (Å²) in [6.07, 6.45) is 5.90. The maximum Gasteiger partial charge on any atom is 0.161 e. The summed E-state index contributed by atoms with van der Waals surface area (Å²) in [5, 5.41) is 0.00559. The van der Waals surface area contributed by atoms with E-state index in [4.69, 9.17) is 21.1 Å². The van der Waals surface area contributed by atoms with Gasteiger partial charge in [-0.2, -0.15) is 0 Å². The Morgan fingerprint density at radius 1 is 1.11 bits per heavy atom. The number of hydrogen-bond acceptors (Lipinski definition) is 2. The minimum Gasteiger partial charge on any atom is -0.493 e. The molecule has 1 atom stereocenters. The highest BCUT2D eigenvalue weighted by Crippen LogP contribution is 2.39. The first-order chi connectivity index (χ1) is 9.13. The Kier molecular flexibility index (Phi) is 7.62. The molecule has 1 aromatic rings. The Morgan fingerprint density at radius 3 is 2.32 bits per heavy atom. The van der Waals surface area contributed by atoms with E-state index < -0.39 is 0 Å². The predicted molar refractivity (Wildman–Crippen MR) is 84.6 cm³/mol. The number of hydrogen-bond donors (Lipinski definition) is 0. The Labute approximate surface area is 129 Å². The van der Waals surface area contributed by atoms with Gasteiger partial charge in [-0.05, 0) is 24.1 Å². The van der Waals surface area contributed by atoms with Crippen LogP contribution in [0.2, 0.25) is 0 Å². The lowest BCUT2D eigenvalue weighted by Gasteiger charge is -2.15. The molecule has 108 valence electrons. The second-order valence-electron chi connectivity index (χ2n) is 4.55. The third kappa shape index (κ3) is 4.88. The van der Waals surface area contributed by atoms with E-state index in [2.05, 4.69) is 22.9 Å². The Balaban J connectivity index is 2.76. The number of halogens is 2. The van der Waals surface area contributed by atoms with E-state index in [0.29, 0.717) is 5.75 Å². The van der Waals surface area contributed by atoms with Crippen LogP contribution in [0.4, 0.5) is 0 Å². The van der Waals surface area contributed by atoms with Crippen LogP contribution in [0.15, 0.2) is 16.6 Å². The third-order valence-corrected chi connectivity index (χ3v) is 4.29. The van der Waals surface area contributed by atoms with Crippen molar-refractivity contribution in [2.75, 3.05) is 14.2 Å². The molecule has 0 saturated carbocycles. The molecule has 0 aliphatic heterocycles. The molecule has 0 fully saturated rings. The molecule has 0 saturated heterocycles. The fraction of sp³-hybridized carbons (Fsp3) is 0.600. The van der Waals surface area contributed by atoms with Crippen LogP contribution in [0.5, 0.6) is 11.5 Å². The van der Waals surface area contributed by atoms with Gasteiger partial charge >= 0.3 is 0 Å². The summed E-state index contributed by atoms with van der Waals surface area (Å²) >= 11 is 10.0. The number of methoxy groups -OCH3 is 2. The van der Waals surface area contributed by atoms with Gasteiger partial charge in [0.25, 0.3) is 0 Å². The molecule has 1 aromatic carbocycles. The summed E-state index contributed by atoms with van der Waals surface area (Å²) in [5.74, 6) is 1.44. The van der Waals surface area contributed by atoms with Crippen LogP contribution in [0.25, 0.3) is 0 Å². The van der Waals surface area contributed by atoms with Crippen molar-refractivity contribution >= 4 is 27.5 Å². The van der Waals surface area contributed by atoms with Gasteiger partial charge in [0.05, 0.1) is 19.6 Å². The zero-order valence-corrected chi connectivity index (χ0v) is 14.2. The first-order valence-corrected chi connectivity index (χ1v) is 7.92.